The number of esters is 1. The fraction of sp³-hybridized carbons (Fsp3) is 0.567. The van der Waals surface area contributed by atoms with E-state index in [1.807, 2.05) is 13.0 Å². The van der Waals surface area contributed by atoms with Crippen LogP contribution in [0.15, 0.2) is 40.9 Å². The van der Waals surface area contributed by atoms with Gasteiger partial charge in [0.1, 0.15) is 11.5 Å². The lowest BCUT2D eigenvalue weighted by atomic mass is 9.65. The first kappa shape index (κ1) is 26.2. The molecule has 194 valence electrons. The van der Waals surface area contributed by atoms with Crippen molar-refractivity contribution in [3.63, 3.8) is 0 Å². The van der Waals surface area contributed by atoms with Crippen LogP contribution < -0.4 is 9.47 Å². The highest BCUT2D eigenvalue weighted by Gasteiger charge is 2.48. The normalized spacial score (nSPS) is 21.6. The van der Waals surface area contributed by atoms with Crippen molar-refractivity contribution in [2.45, 2.75) is 87.0 Å². The van der Waals surface area contributed by atoms with E-state index in [-0.39, 0.29) is 28.4 Å². The summed E-state index contributed by atoms with van der Waals surface area (Å²) in [5.41, 5.74) is 0.803. The van der Waals surface area contributed by atoms with Gasteiger partial charge >= 0.3 is 5.97 Å². The largest absolute Gasteiger partial charge is 0.490 e. The standard InChI is InChI=1S/C30H38O6/c1-9-34-21-12-17(10-11-20(21)36-27(33)28(2,3)4)24-25-18(31)13-29(5,6)15-22(25)35-23-16-30(7,8)14-19(32)26(23)24/h10-12,24H,9,13-16H2,1-8H3. The van der Waals surface area contributed by atoms with Crippen LogP contribution in [0, 0.1) is 16.2 Å². The first-order valence-electron chi connectivity index (χ1n) is 12.8. The van der Waals surface area contributed by atoms with E-state index in [9.17, 15) is 14.4 Å². The summed E-state index contributed by atoms with van der Waals surface area (Å²) >= 11 is 0. The van der Waals surface area contributed by atoms with E-state index in [1.54, 1.807) is 32.9 Å². The number of ether oxygens (including phenoxy) is 3. The molecule has 6 heteroatoms. The molecule has 1 heterocycles. The lowest BCUT2D eigenvalue weighted by molar-refractivity contribution is -0.143. The van der Waals surface area contributed by atoms with E-state index in [4.69, 9.17) is 14.2 Å². The minimum atomic E-state index is -0.676. The summed E-state index contributed by atoms with van der Waals surface area (Å²) in [4.78, 5) is 39.6. The molecule has 0 N–H and O–H groups in total. The van der Waals surface area contributed by atoms with E-state index in [0.717, 1.165) is 5.56 Å². The van der Waals surface area contributed by atoms with Gasteiger partial charge < -0.3 is 14.2 Å². The van der Waals surface area contributed by atoms with Gasteiger partial charge in [0.2, 0.25) is 0 Å². The lowest BCUT2D eigenvalue weighted by Crippen LogP contribution is -2.37. The van der Waals surface area contributed by atoms with E-state index < -0.39 is 11.3 Å². The number of ketones is 2. The summed E-state index contributed by atoms with van der Waals surface area (Å²) in [6.45, 7) is 15.9. The maximum atomic E-state index is 13.5. The molecule has 3 aliphatic rings. The quantitative estimate of drug-likeness (QED) is 0.354. The zero-order chi connectivity index (χ0) is 26.6. The maximum Gasteiger partial charge on any atom is 0.316 e. The fourth-order valence-corrected chi connectivity index (χ4v) is 5.32. The van der Waals surface area contributed by atoms with Crippen LogP contribution in [0.5, 0.6) is 11.5 Å². The Morgan fingerprint density at radius 2 is 1.44 bits per heavy atom. The van der Waals surface area contributed by atoms with Crippen molar-refractivity contribution in [3.05, 3.63) is 46.4 Å². The Labute approximate surface area is 214 Å². The average molecular weight is 495 g/mol. The van der Waals surface area contributed by atoms with Gasteiger partial charge in [-0.15, -0.1) is 0 Å². The van der Waals surface area contributed by atoms with Crippen molar-refractivity contribution in [1.29, 1.82) is 0 Å². The third-order valence-corrected chi connectivity index (χ3v) is 7.00. The van der Waals surface area contributed by atoms with Crippen LogP contribution in [0.25, 0.3) is 0 Å². The van der Waals surface area contributed by atoms with Gasteiger partial charge in [-0.3, -0.25) is 14.4 Å². The average Bonchev–Trinajstić information content (AvgIpc) is 2.71. The molecule has 0 unspecified atom stereocenters. The minimum absolute atomic E-state index is 0.0108. The van der Waals surface area contributed by atoms with Crippen LogP contribution in [-0.4, -0.2) is 24.1 Å². The predicted octanol–water partition coefficient (Wildman–Crippen LogP) is 6.44. The Morgan fingerprint density at radius 1 is 0.917 bits per heavy atom. The van der Waals surface area contributed by atoms with Gasteiger partial charge in [-0.1, -0.05) is 33.8 Å². The molecule has 2 aliphatic carbocycles. The Bertz CT molecular complexity index is 1140. The highest BCUT2D eigenvalue weighted by Crippen LogP contribution is 2.53. The van der Waals surface area contributed by atoms with Crippen LogP contribution in [-0.2, 0) is 19.1 Å². The first-order chi connectivity index (χ1) is 16.6. The molecule has 1 aromatic rings. The molecule has 6 nitrogen and oxygen atoms in total. The lowest BCUT2D eigenvalue weighted by Gasteiger charge is -2.42. The molecule has 0 bridgehead atoms. The van der Waals surface area contributed by atoms with Gasteiger partial charge in [0.15, 0.2) is 23.1 Å². The Kier molecular flexibility index (Phi) is 6.47. The summed E-state index contributed by atoms with van der Waals surface area (Å²) in [7, 11) is 0. The molecule has 4 rings (SSSR count). The number of allylic oxidation sites excluding steroid dienone is 4. The van der Waals surface area contributed by atoms with Gasteiger partial charge in [-0.05, 0) is 56.2 Å². The smallest absolute Gasteiger partial charge is 0.316 e. The molecule has 0 saturated heterocycles. The highest BCUT2D eigenvalue weighted by atomic mass is 16.6. The predicted molar refractivity (Wildman–Crippen MR) is 137 cm³/mol. The number of carbonyl (C=O) groups excluding carboxylic acids is 3. The van der Waals surface area contributed by atoms with Crippen molar-refractivity contribution >= 4 is 17.5 Å². The zero-order valence-electron chi connectivity index (χ0n) is 22.8. The molecule has 0 atom stereocenters. The molecule has 0 radical (unpaired) electrons. The molecule has 0 spiro atoms. The third-order valence-electron chi connectivity index (χ3n) is 7.00. The third kappa shape index (κ3) is 5.00. The molecule has 0 aromatic heterocycles. The van der Waals surface area contributed by atoms with Gasteiger partial charge in [0, 0.05) is 42.7 Å². The van der Waals surface area contributed by atoms with Crippen LogP contribution in [0.3, 0.4) is 0 Å². The topological polar surface area (TPSA) is 78.9 Å². The van der Waals surface area contributed by atoms with Crippen LogP contribution in [0.2, 0.25) is 0 Å². The number of carbonyl (C=O) groups is 3. The van der Waals surface area contributed by atoms with Gasteiger partial charge in [0.25, 0.3) is 0 Å². The van der Waals surface area contributed by atoms with Crippen LogP contribution in [0.4, 0.5) is 0 Å². The van der Waals surface area contributed by atoms with Crippen LogP contribution >= 0.6 is 0 Å². The van der Waals surface area contributed by atoms with E-state index in [2.05, 4.69) is 27.7 Å². The number of benzene rings is 1. The van der Waals surface area contributed by atoms with Gasteiger partial charge in [-0.25, -0.2) is 0 Å². The summed E-state index contributed by atoms with van der Waals surface area (Å²) < 4.78 is 17.9. The van der Waals surface area contributed by atoms with E-state index >= 15 is 0 Å². The van der Waals surface area contributed by atoms with Gasteiger partial charge in [0.05, 0.1) is 12.0 Å². The monoisotopic (exact) mass is 494 g/mol. The molecular formula is C30H38O6. The SMILES string of the molecule is CCOc1cc(C2C3=C(CC(C)(C)CC3=O)OC3=C2C(=O)CC(C)(C)C3)ccc1OC(=O)C(C)(C)C. The molecule has 0 fully saturated rings. The van der Waals surface area contributed by atoms with Crippen molar-refractivity contribution in [3.8, 4) is 11.5 Å². The fourth-order valence-electron chi connectivity index (χ4n) is 5.32. The minimum Gasteiger partial charge on any atom is -0.490 e. The second kappa shape index (κ2) is 8.89. The molecular weight excluding hydrogens is 456 g/mol. The Morgan fingerprint density at radius 3 is 1.92 bits per heavy atom. The van der Waals surface area contributed by atoms with E-state index in [1.165, 1.54) is 0 Å². The second-order valence-electron chi connectivity index (χ2n) is 12.9. The number of rotatable bonds is 4. The summed E-state index contributed by atoms with van der Waals surface area (Å²) in [5, 5.41) is 0. The maximum absolute atomic E-state index is 13.5. The number of Topliss-reactive ketones (excluding diaryl/α,β-unsaturated/α-hetero) is 2. The van der Waals surface area contributed by atoms with Crippen LogP contribution in [0.1, 0.15) is 92.6 Å². The number of hydrogen-bond donors (Lipinski definition) is 0. The van der Waals surface area contributed by atoms with Gasteiger partial charge in [-0.2, -0.15) is 0 Å². The molecule has 1 aromatic carbocycles. The zero-order valence-corrected chi connectivity index (χ0v) is 22.8. The molecule has 36 heavy (non-hydrogen) atoms. The highest BCUT2D eigenvalue weighted by molar-refractivity contribution is 6.06. The van der Waals surface area contributed by atoms with Crippen molar-refractivity contribution in [1.82, 2.24) is 0 Å². The van der Waals surface area contributed by atoms with Crippen molar-refractivity contribution in [2.75, 3.05) is 6.61 Å². The molecule has 1 aliphatic heterocycles. The Hall–Kier alpha value is -2.89. The molecule has 0 amide bonds. The Balaban J connectivity index is 1.86. The van der Waals surface area contributed by atoms with Crippen molar-refractivity contribution < 1.29 is 28.6 Å². The summed E-state index contributed by atoms with van der Waals surface area (Å²) in [5.74, 6) is 1.21. The summed E-state index contributed by atoms with van der Waals surface area (Å²) in [6.07, 6.45) is 2.06. The van der Waals surface area contributed by atoms with Crippen molar-refractivity contribution in [2.24, 2.45) is 16.2 Å². The number of hydrogen-bond acceptors (Lipinski definition) is 6. The first-order valence-corrected chi connectivity index (χ1v) is 12.8. The second-order valence-corrected chi connectivity index (χ2v) is 12.9. The van der Waals surface area contributed by atoms with E-state index in [0.29, 0.717) is 66.5 Å². The summed E-state index contributed by atoms with van der Waals surface area (Å²) in [6, 6.07) is 5.34. The molecule has 0 saturated carbocycles.